The van der Waals surface area contributed by atoms with Gasteiger partial charge in [0.05, 0.1) is 22.7 Å². The van der Waals surface area contributed by atoms with E-state index in [1.54, 1.807) is 30.3 Å². The molecule has 2 aromatic carbocycles. The summed E-state index contributed by atoms with van der Waals surface area (Å²) in [5.74, 6) is -0.998. The number of fused-ring (bicyclic) bond motifs is 1. The second kappa shape index (κ2) is 5.98. The van der Waals surface area contributed by atoms with Crippen molar-refractivity contribution < 1.29 is 9.90 Å². The molecule has 0 amide bonds. The fourth-order valence-electron chi connectivity index (χ4n) is 2.09. The third kappa shape index (κ3) is 2.95. The Morgan fingerprint density at radius 3 is 2.57 bits per heavy atom. The number of aromatic carboxylic acids is 1. The summed E-state index contributed by atoms with van der Waals surface area (Å²) < 4.78 is 1.29. The molecule has 6 nitrogen and oxygen atoms in total. The minimum atomic E-state index is -0.998. The lowest BCUT2D eigenvalue weighted by molar-refractivity contribution is 0.0697. The fraction of sp³-hybridized carbons (Fsp3) is 0. The van der Waals surface area contributed by atoms with Crippen molar-refractivity contribution in [2.75, 3.05) is 0 Å². The number of hydrogen-bond acceptors (Lipinski definition) is 4. The molecule has 0 radical (unpaired) electrons. The highest BCUT2D eigenvalue weighted by atomic mass is 32.1. The molecule has 1 heterocycles. The molecule has 0 fully saturated rings. The smallest absolute Gasteiger partial charge is 0.335 e. The van der Waals surface area contributed by atoms with Gasteiger partial charge in [-0.3, -0.25) is 4.79 Å². The molecule has 2 N–H and O–H groups in total. The molecule has 0 saturated carbocycles. The maximum Gasteiger partial charge on any atom is 0.335 e. The highest BCUT2D eigenvalue weighted by Gasteiger charge is 2.04. The van der Waals surface area contributed by atoms with Crippen molar-refractivity contribution in [1.82, 2.24) is 9.66 Å². The molecule has 23 heavy (non-hydrogen) atoms. The Balaban J connectivity index is 2.02. The Kier molecular flexibility index (Phi) is 3.86. The summed E-state index contributed by atoms with van der Waals surface area (Å²) in [5.41, 5.74) is 1.18. The Bertz CT molecular complexity index is 1030. The lowest BCUT2D eigenvalue weighted by Gasteiger charge is -2.02. The largest absolute Gasteiger partial charge is 0.478 e. The van der Waals surface area contributed by atoms with Gasteiger partial charge in [-0.2, -0.15) is 9.78 Å². The molecular formula is C16H11N3O3S. The topological polar surface area (TPSA) is 87.4 Å². The van der Waals surface area contributed by atoms with Gasteiger partial charge in [0, 0.05) is 0 Å². The SMILES string of the molecule is O=C(O)c1ccc(/C=N\n2c(=S)[nH]c3ccccc3c2=O)cc1. The number of carboxylic acids is 1. The molecule has 0 spiro atoms. The lowest BCUT2D eigenvalue weighted by Crippen LogP contribution is -2.18. The minimum Gasteiger partial charge on any atom is -0.478 e. The Hall–Kier alpha value is -3.06. The van der Waals surface area contributed by atoms with Gasteiger partial charge in [0.1, 0.15) is 0 Å². The maximum atomic E-state index is 12.4. The molecule has 0 aliphatic heterocycles. The van der Waals surface area contributed by atoms with Crippen LogP contribution in [0.1, 0.15) is 15.9 Å². The van der Waals surface area contributed by atoms with E-state index >= 15 is 0 Å². The molecular weight excluding hydrogens is 314 g/mol. The molecule has 0 aliphatic rings. The Morgan fingerprint density at radius 1 is 1.17 bits per heavy atom. The quantitative estimate of drug-likeness (QED) is 0.572. The number of carboxylic acid groups (broad SMARTS) is 1. The van der Waals surface area contributed by atoms with E-state index in [0.717, 1.165) is 4.68 Å². The number of nitrogens with zero attached hydrogens (tertiary/aromatic N) is 2. The van der Waals surface area contributed by atoms with Crippen molar-refractivity contribution in [2.45, 2.75) is 0 Å². The number of nitrogens with one attached hydrogen (secondary N) is 1. The summed E-state index contributed by atoms with van der Waals surface area (Å²) in [6.07, 6.45) is 1.45. The first kappa shape index (κ1) is 14.9. The van der Waals surface area contributed by atoms with Gasteiger partial charge < -0.3 is 10.1 Å². The number of para-hydroxylation sites is 1. The van der Waals surface area contributed by atoms with E-state index in [2.05, 4.69) is 10.1 Å². The van der Waals surface area contributed by atoms with Crippen molar-refractivity contribution in [3.05, 3.63) is 74.8 Å². The second-order valence-corrected chi connectivity index (χ2v) is 5.15. The van der Waals surface area contributed by atoms with E-state index < -0.39 is 5.97 Å². The van der Waals surface area contributed by atoms with Gasteiger partial charge in [-0.25, -0.2) is 4.79 Å². The predicted molar refractivity (Wildman–Crippen MR) is 89.8 cm³/mol. The number of aromatic nitrogens is 2. The van der Waals surface area contributed by atoms with Gasteiger partial charge in [-0.15, -0.1) is 0 Å². The first-order chi connectivity index (χ1) is 11.1. The summed E-state index contributed by atoms with van der Waals surface area (Å²) in [6.45, 7) is 0. The first-order valence-corrected chi connectivity index (χ1v) is 7.09. The summed E-state index contributed by atoms with van der Waals surface area (Å²) >= 11 is 5.15. The number of benzene rings is 2. The van der Waals surface area contributed by atoms with Crippen molar-refractivity contribution in [1.29, 1.82) is 0 Å². The number of hydrogen-bond donors (Lipinski definition) is 2. The molecule has 0 aliphatic carbocycles. The number of rotatable bonds is 3. The highest BCUT2D eigenvalue weighted by Crippen LogP contribution is 2.06. The van der Waals surface area contributed by atoms with Gasteiger partial charge >= 0.3 is 5.97 Å². The van der Waals surface area contributed by atoms with Crippen LogP contribution in [0.2, 0.25) is 0 Å². The zero-order valence-electron chi connectivity index (χ0n) is 11.8. The van der Waals surface area contributed by atoms with Crippen LogP contribution in [0.4, 0.5) is 0 Å². The maximum absolute atomic E-state index is 12.4. The molecule has 0 bridgehead atoms. The van der Waals surface area contributed by atoms with Crippen LogP contribution >= 0.6 is 12.2 Å². The van der Waals surface area contributed by atoms with Crippen LogP contribution in [0.5, 0.6) is 0 Å². The molecule has 1 aromatic heterocycles. The van der Waals surface area contributed by atoms with E-state index in [-0.39, 0.29) is 15.9 Å². The zero-order chi connectivity index (χ0) is 16.4. The molecule has 0 atom stereocenters. The number of carbonyl (C=O) groups is 1. The summed E-state index contributed by atoms with van der Waals surface area (Å²) in [5, 5.41) is 13.4. The summed E-state index contributed by atoms with van der Waals surface area (Å²) in [6, 6.07) is 13.2. The molecule has 114 valence electrons. The van der Waals surface area contributed by atoms with Crippen LogP contribution in [0, 0.1) is 4.77 Å². The molecule has 3 aromatic rings. The van der Waals surface area contributed by atoms with Crippen molar-refractivity contribution >= 4 is 35.3 Å². The average molecular weight is 325 g/mol. The fourth-order valence-corrected chi connectivity index (χ4v) is 2.33. The number of H-pyrrole nitrogens is 1. The summed E-state index contributed by atoms with van der Waals surface area (Å²) in [7, 11) is 0. The molecule has 0 unspecified atom stereocenters. The van der Waals surface area contributed by atoms with Crippen molar-refractivity contribution in [2.24, 2.45) is 5.10 Å². The van der Waals surface area contributed by atoms with E-state index in [1.807, 2.05) is 6.07 Å². The Labute approximate surface area is 135 Å². The van der Waals surface area contributed by atoms with Crippen molar-refractivity contribution in [3.8, 4) is 0 Å². The molecule has 3 rings (SSSR count). The zero-order valence-corrected chi connectivity index (χ0v) is 12.6. The van der Waals surface area contributed by atoms with Crippen LogP contribution in [0.3, 0.4) is 0 Å². The lowest BCUT2D eigenvalue weighted by atomic mass is 10.1. The van der Waals surface area contributed by atoms with Crippen molar-refractivity contribution in [3.63, 3.8) is 0 Å². The first-order valence-electron chi connectivity index (χ1n) is 6.68. The minimum absolute atomic E-state index is 0.183. The van der Waals surface area contributed by atoms with E-state index in [9.17, 15) is 9.59 Å². The van der Waals surface area contributed by atoms with Gasteiger partial charge in [-0.1, -0.05) is 24.3 Å². The number of aromatic amines is 1. The second-order valence-electron chi connectivity index (χ2n) is 4.76. The molecule has 0 saturated heterocycles. The van der Waals surface area contributed by atoms with Gasteiger partial charge in [-0.05, 0) is 42.0 Å². The predicted octanol–water partition coefficient (Wildman–Crippen LogP) is 2.64. The van der Waals surface area contributed by atoms with Gasteiger partial charge in [0.15, 0.2) is 0 Å². The monoisotopic (exact) mass is 325 g/mol. The summed E-state index contributed by atoms with van der Waals surface area (Å²) in [4.78, 5) is 26.2. The van der Waals surface area contributed by atoms with E-state index in [0.29, 0.717) is 16.5 Å². The van der Waals surface area contributed by atoms with Crippen LogP contribution in [0.25, 0.3) is 10.9 Å². The third-order valence-corrected chi connectivity index (χ3v) is 3.54. The van der Waals surface area contributed by atoms with Crippen LogP contribution in [0.15, 0.2) is 58.4 Å². The highest BCUT2D eigenvalue weighted by molar-refractivity contribution is 7.71. The van der Waals surface area contributed by atoms with Crippen LogP contribution in [-0.2, 0) is 0 Å². The Morgan fingerprint density at radius 2 is 1.87 bits per heavy atom. The standard InChI is InChI=1S/C16H11N3O3S/c20-14-12-3-1-2-4-13(12)18-16(23)19(14)17-9-10-5-7-11(8-6-10)15(21)22/h1-9H,(H,18,23)(H,21,22)/b17-9-. The third-order valence-electron chi connectivity index (χ3n) is 3.26. The normalized spacial score (nSPS) is 11.1. The van der Waals surface area contributed by atoms with E-state index in [4.69, 9.17) is 17.3 Å². The van der Waals surface area contributed by atoms with Gasteiger partial charge in [0.25, 0.3) is 5.56 Å². The van der Waals surface area contributed by atoms with Crippen LogP contribution < -0.4 is 5.56 Å². The molecule has 7 heteroatoms. The van der Waals surface area contributed by atoms with E-state index in [1.165, 1.54) is 18.3 Å². The van der Waals surface area contributed by atoms with Gasteiger partial charge in [0.2, 0.25) is 4.77 Å². The van der Waals surface area contributed by atoms with Crippen LogP contribution in [-0.4, -0.2) is 27.0 Å². The average Bonchev–Trinajstić information content (AvgIpc) is 2.55.